The maximum Gasteiger partial charge on any atom is 0.273 e. The number of nitriles is 1. The number of nitrogens with zero attached hydrogens (tertiary/aromatic N) is 3. The quantitative estimate of drug-likeness (QED) is 0.512. The molecule has 1 aliphatic heterocycles. The largest absolute Gasteiger partial charge is 0.385 e. The maximum atomic E-state index is 12.9. The average molecular weight is 389 g/mol. The summed E-state index contributed by atoms with van der Waals surface area (Å²) in [5.74, 6) is 0.559. The van der Waals surface area contributed by atoms with E-state index >= 15 is 0 Å². The van der Waals surface area contributed by atoms with Crippen molar-refractivity contribution in [3.63, 3.8) is 0 Å². The molecule has 2 heterocycles. The number of pyridine rings is 1. The highest BCUT2D eigenvalue weighted by Gasteiger charge is 2.15. The molecule has 3 aromatic rings. The Balaban J connectivity index is 1.80. The van der Waals surface area contributed by atoms with Crippen molar-refractivity contribution in [3.05, 3.63) is 74.6 Å². The molecule has 1 aromatic heterocycles. The van der Waals surface area contributed by atoms with Crippen molar-refractivity contribution in [2.75, 3.05) is 25.0 Å². The molecular formula is C21H19N5O3. The highest BCUT2D eigenvalue weighted by molar-refractivity contribution is 5.85. The fourth-order valence-electron chi connectivity index (χ4n) is 3.63. The van der Waals surface area contributed by atoms with E-state index in [2.05, 4.69) is 10.6 Å². The highest BCUT2D eigenvalue weighted by atomic mass is 16.6. The van der Waals surface area contributed by atoms with E-state index in [0.29, 0.717) is 17.1 Å². The Morgan fingerprint density at radius 2 is 2.03 bits per heavy atom. The average Bonchev–Trinajstić information content (AvgIpc) is 3.25. The summed E-state index contributed by atoms with van der Waals surface area (Å²) < 4.78 is 1.43. The van der Waals surface area contributed by atoms with Crippen molar-refractivity contribution in [1.29, 1.82) is 5.26 Å². The van der Waals surface area contributed by atoms with Gasteiger partial charge in [-0.25, -0.2) is 0 Å². The van der Waals surface area contributed by atoms with Crippen molar-refractivity contribution < 1.29 is 4.92 Å². The van der Waals surface area contributed by atoms with Gasteiger partial charge in [0.1, 0.15) is 11.6 Å². The highest BCUT2D eigenvalue weighted by Crippen LogP contribution is 2.23. The maximum absolute atomic E-state index is 12.9. The van der Waals surface area contributed by atoms with Gasteiger partial charge < -0.3 is 10.6 Å². The Morgan fingerprint density at radius 1 is 1.24 bits per heavy atom. The van der Waals surface area contributed by atoms with E-state index in [1.807, 2.05) is 24.3 Å². The van der Waals surface area contributed by atoms with Gasteiger partial charge in [-0.2, -0.15) is 5.26 Å². The molecule has 2 N–H and O–H groups in total. The van der Waals surface area contributed by atoms with Crippen LogP contribution in [0.15, 0.2) is 53.3 Å². The summed E-state index contributed by atoms with van der Waals surface area (Å²) in [5, 5.41) is 27.8. The van der Waals surface area contributed by atoms with Gasteiger partial charge in [0.05, 0.1) is 10.4 Å². The third kappa shape index (κ3) is 3.68. The third-order valence-corrected chi connectivity index (χ3v) is 5.20. The lowest BCUT2D eigenvalue weighted by Gasteiger charge is -2.15. The molecule has 0 radical (unpaired) electrons. The van der Waals surface area contributed by atoms with E-state index in [0.717, 1.165) is 37.1 Å². The van der Waals surface area contributed by atoms with Crippen LogP contribution in [0.3, 0.4) is 0 Å². The number of non-ortho nitro benzene ring substituents is 1. The van der Waals surface area contributed by atoms with Crippen molar-refractivity contribution in [2.24, 2.45) is 5.92 Å². The molecule has 8 heteroatoms. The number of anilines is 1. The molecule has 1 saturated heterocycles. The topological polar surface area (TPSA) is 113 Å². The molecule has 0 aliphatic carbocycles. The first-order chi connectivity index (χ1) is 14.1. The third-order valence-electron chi connectivity index (χ3n) is 5.20. The summed E-state index contributed by atoms with van der Waals surface area (Å²) in [7, 11) is 0. The number of benzene rings is 2. The minimum absolute atomic E-state index is 0.0218. The molecule has 1 atom stereocenters. The Morgan fingerprint density at radius 3 is 2.69 bits per heavy atom. The minimum Gasteiger partial charge on any atom is -0.385 e. The summed E-state index contributed by atoms with van der Waals surface area (Å²) in [6.07, 6.45) is 1.12. The van der Waals surface area contributed by atoms with Crippen LogP contribution in [0.1, 0.15) is 12.0 Å². The summed E-state index contributed by atoms with van der Waals surface area (Å²) in [4.78, 5) is 23.3. The van der Waals surface area contributed by atoms with Crippen LogP contribution in [0.25, 0.3) is 16.6 Å². The second-order valence-corrected chi connectivity index (χ2v) is 7.10. The van der Waals surface area contributed by atoms with E-state index in [4.69, 9.17) is 0 Å². The van der Waals surface area contributed by atoms with Crippen molar-refractivity contribution >= 4 is 22.3 Å². The Labute approximate surface area is 166 Å². The molecule has 0 spiro atoms. The molecule has 146 valence electrons. The first kappa shape index (κ1) is 18.7. The van der Waals surface area contributed by atoms with Gasteiger partial charge in [0.15, 0.2) is 0 Å². The monoisotopic (exact) mass is 389 g/mol. The van der Waals surface area contributed by atoms with E-state index in [-0.39, 0.29) is 11.3 Å². The first-order valence-electron chi connectivity index (χ1n) is 9.36. The van der Waals surface area contributed by atoms with Gasteiger partial charge in [-0.05, 0) is 55.8 Å². The predicted molar refractivity (Wildman–Crippen MR) is 110 cm³/mol. The molecule has 4 rings (SSSR count). The fourth-order valence-corrected chi connectivity index (χ4v) is 3.63. The smallest absolute Gasteiger partial charge is 0.273 e. The van der Waals surface area contributed by atoms with Crippen LogP contribution in [0.2, 0.25) is 0 Å². The lowest BCUT2D eigenvalue weighted by atomic mass is 10.1. The van der Waals surface area contributed by atoms with Crippen LogP contribution < -0.4 is 16.2 Å². The lowest BCUT2D eigenvalue weighted by Crippen LogP contribution is -2.21. The minimum atomic E-state index is -0.490. The first-order valence-corrected chi connectivity index (χ1v) is 9.36. The van der Waals surface area contributed by atoms with Crippen LogP contribution in [0, 0.1) is 27.4 Å². The number of aromatic nitrogens is 1. The molecule has 1 fully saturated rings. The molecule has 0 bridgehead atoms. The molecule has 2 aromatic carbocycles. The Hall–Kier alpha value is -3.70. The standard InChI is InChI=1S/C21H19N5O3/c22-11-16-9-15-1-2-17(24-13-14-7-8-23-12-14)10-20(15)25(21(16)27)18-3-5-19(6-4-18)26(28)29/h1-6,9-10,14,23-24H,7-8,12-13H2. The Bertz CT molecular complexity index is 1170. The number of nitro groups is 1. The number of nitro benzene ring substituents is 1. The van der Waals surface area contributed by atoms with E-state index in [1.165, 1.54) is 28.8 Å². The van der Waals surface area contributed by atoms with Gasteiger partial charge in [0, 0.05) is 35.4 Å². The molecule has 1 aliphatic rings. The summed E-state index contributed by atoms with van der Waals surface area (Å²) in [6, 6.07) is 14.9. The molecular weight excluding hydrogens is 370 g/mol. The van der Waals surface area contributed by atoms with Crippen LogP contribution in [-0.4, -0.2) is 29.1 Å². The number of fused-ring (bicyclic) bond motifs is 1. The lowest BCUT2D eigenvalue weighted by molar-refractivity contribution is -0.384. The summed E-state index contributed by atoms with van der Waals surface area (Å²) >= 11 is 0. The molecule has 0 saturated carbocycles. The molecule has 29 heavy (non-hydrogen) atoms. The number of hydrogen-bond donors (Lipinski definition) is 2. The van der Waals surface area contributed by atoms with Gasteiger partial charge >= 0.3 is 0 Å². The van der Waals surface area contributed by atoms with Crippen LogP contribution in [-0.2, 0) is 0 Å². The van der Waals surface area contributed by atoms with Crippen LogP contribution in [0.4, 0.5) is 11.4 Å². The zero-order valence-electron chi connectivity index (χ0n) is 15.6. The van der Waals surface area contributed by atoms with Crippen molar-refractivity contribution in [1.82, 2.24) is 9.88 Å². The summed E-state index contributed by atoms with van der Waals surface area (Å²) in [6.45, 7) is 2.84. The normalized spacial score (nSPS) is 15.9. The molecule has 1 unspecified atom stereocenters. The number of rotatable bonds is 5. The zero-order valence-corrected chi connectivity index (χ0v) is 15.6. The second kappa shape index (κ2) is 7.73. The van der Waals surface area contributed by atoms with E-state index in [9.17, 15) is 20.2 Å². The summed E-state index contributed by atoms with van der Waals surface area (Å²) in [5.41, 5.74) is 1.50. The van der Waals surface area contributed by atoms with Crippen LogP contribution >= 0.6 is 0 Å². The van der Waals surface area contributed by atoms with Gasteiger partial charge in [-0.1, -0.05) is 6.07 Å². The second-order valence-electron chi connectivity index (χ2n) is 7.10. The van der Waals surface area contributed by atoms with Gasteiger partial charge in [-0.15, -0.1) is 0 Å². The zero-order chi connectivity index (χ0) is 20.4. The van der Waals surface area contributed by atoms with Gasteiger partial charge in [0.2, 0.25) is 0 Å². The van der Waals surface area contributed by atoms with Crippen LogP contribution in [0.5, 0.6) is 0 Å². The number of hydrogen-bond acceptors (Lipinski definition) is 6. The van der Waals surface area contributed by atoms with Crippen molar-refractivity contribution in [2.45, 2.75) is 6.42 Å². The Kier molecular flexibility index (Phi) is 4.97. The van der Waals surface area contributed by atoms with E-state index < -0.39 is 10.5 Å². The number of nitrogens with one attached hydrogen (secondary N) is 2. The fraction of sp³-hybridized carbons (Fsp3) is 0.238. The predicted octanol–water partition coefficient (Wildman–Crippen LogP) is 2.79. The molecule has 0 amide bonds. The SMILES string of the molecule is N#Cc1cc2ccc(NCC3CCNC3)cc2n(-c2ccc([N+](=O)[O-])cc2)c1=O. The van der Waals surface area contributed by atoms with E-state index in [1.54, 1.807) is 6.07 Å². The van der Waals surface area contributed by atoms with Gasteiger partial charge in [-0.3, -0.25) is 19.5 Å². The van der Waals surface area contributed by atoms with Gasteiger partial charge in [0.25, 0.3) is 11.2 Å². The molecule has 8 nitrogen and oxygen atoms in total. The van der Waals surface area contributed by atoms with Crippen molar-refractivity contribution in [3.8, 4) is 11.8 Å².